The smallest absolute Gasteiger partial charge is 0.306 e. The summed E-state index contributed by atoms with van der Waals surface area (Å²) in [5, 5.41) is 0. The molecule has 1 atom stereocenters. The summed E-state index contributed by atoms with van der Waals surface area (Å²) < 4.78 is 16.8. The summed E-state index contributed by atoms with van der Waals surface area (Å²) in [4.78, 5) is 38.1. The molecule has 6 nitrogen and oxygen atoms in total. The topological polar surface area (TPSA) is 78.9 Å². The van der Waals surface area contributed by atoms with Crippen molar-refractivity contribution in [2.24, 2.45) is 0 Å². The highest BCUT2D eigenvalue weighted by Crippen LogP contribution is 2.13. The molecule has 0 aromatic rings. The van der Waals surface area contributed by atoms with Gasteiger partial charge in [-0.05, 0) is 122 Å². The molecule has 0 aliphatic rings. The molecule has 0 N–H and O–H groups in total. The number of carbonyl (C=O) groups is 3. The highest BCUT2D eigenvalue weighted by molar-refractivity contribution is 5.71. The van der Waals surface area contributed by atoms with Crippen molar-refractivity contribution in [3.63, 3.8) is 0 Å². The molecule has 0 bridgehead atoms. The van der Waals surface area contributed by atoms with Crippen LogP contribution in [0.4, 0.5) is 0 Å². The number of hydrogen-bond acceptors (Lipinski definition) is 6. The minimum atomic E-state index is -0.824. The van der Waals surface area contributed by atoms with Gasteiger partial charge in [-0.25, -0.2) is 0 Å². The zero-order chi connectivity index (χ0) is 49.3. The van der Waals surface area contributed by atoms with E-state index in [-0.39, 0.29) is 37.5 Å². The Bertz CT molecular complexity index is 1450. The molecule has 0 radical (unpaired) electrons. The number of unbranched alkanes of at least 4 members (excludes halogenated alkanes) is 17. The number of rotatable bonds is 48. The Morgan fingerprint density at radius 2 is 0.588 bits per heavy atom. The molecule has 6 heteroatoms. The van der Waals surface area contributed by atoms with Crippen LogP contribution in [0.25, 0.3) is 0 Å². The minimum Gasteiger partial charge on any atom is -0.462 e. The van der Waals surface area contributed by atoms with Gasteiger partial charge in [-0.3, -0.25) is 14.4 Å². The van der Waals surface area contributed by atoms with Gasteiger partial charge in [0.1, 0.15) is 13.2 Å². The van der Waals surface area contributed by atoms with Crippen LogP contribution in [0.2, 0.25) is 0 Å². The Hall–Kier alpha value is -4.19. The van der Waals surface area contributed by atoms with Gasteiger partial charge < -0.3 is 14.2 Å². The second-order valence-electron chi connectivity index (χ2n) is 17.7. The van der Waals surface area contributed by atoms with E-state index in [4.69, 9.17) is 14.2 Å². The third-order valence-electron chi connectivity index (χ3n) is 11.2. The first kappa shape index (κ1) is 63.8. The normalized spacial score (nSPS) is 13.0. The lowest BCUT2D eigenvalue weighted by atomic mass is 10.1. The highest BCUT2D eigenvalue weighted by Gasteiger charge is 2.19. The zero-order valence-corrected chi connectivity index (χ0v) is 43.8. The van der Waals surface area contributed by atoms with Crippen LogP contribution in [0.1, 0.15) is 233 Å². The van der Waals surface area contributed by atoms with Crippen molar-refractivity contribution in [1.29, 1.82) is 0 Å². The van der Waals surface area contributed by atoms with Crippen LogP contribution in [0.3, 0.4) is 0 Å². The van der Waals surface area contributed by atoms with Gasteiger partial charge in [0.25, 0.3) is 0 Å². The quantitative estimate of drug-likeness (QED) is 0.0262. The van der Waals surface area contributed by atoms with Gasteiger partial charge in [-0.1, -0.05) is 213 Å². The molecule has 0 saturated carbocycles. The summed E-state index contributed by atoms with van der Waals surface area (Å²) in [5.74, 6) is -1.01. The number of ether oxygens (including phenoxy) is 3. The van der Waals surface area contributed by atoms with Crippen LogP contribution >= 0.6 is 0 Å². The van der Waals surface area contributed by atoms with Gasteiger partial charge in [0.2, 0.25) is 0 Å². The maximum Gasteiger partial charge on any atom is 0.306 e. The fourth-order valence-electron chi connectivity index (χ4n) is 7.11. The summed E-state index contributed by atoms with van der Waals surface area (Å²) in [5.41, 5.74) is 0. The van der Waals surface area contributed by atoms with Gasteiger partial charge >= 0.3 is 17.9 Å². The molecule has 0 saturated heterocycles. The summed E-state index contributed by atoms with van der Waals surface area (Å²) in [6, 6.07) is 0. The Balaban J connectivity index is 4.53. The Kier molecular flexibility index (Phi) is 52.0. The Morgan fingerprint density at radius 3 is 0.941 bits per heavy atom. The number of esters is 3. The summed E-state index contributed by atoms with van der Waals surface area (Å²) in [7, 11) is 0. The van der Waals surface area contributed by atoms with Crippen molar-refractivity contribution in [3.8, 4) is 0 Å². The minimum absolute atomic E-state index is 0.116. The van der Waals surface area contributed by atoms with Crippen molar-refractivity contribution in [1.82, 2.24) is 0 Å². The molecule has 1 unspecified atom stereocenters. The van der Waals surface area contributed by atoms with E-state index in [1.165, 1.54) is 57.8 Å². The first-order valence-corrected chi connectivity index (χ1v) is 27.5. The van der Waals surface area contributed by atoms with E-state index < -0.39 is 6.10 Å². The maximum atomic E-state index is 12.8. The summed E-state index contributed by atoms with van der Waals surface area (Å²) in [6.45, 7) is 6.32. The molecular weight excluding hydrogens is 841 g/mol. The standard InChI is InChI=1S/C62H100O6/c1-4-7-10-13-16-19-22-25-28-30-31-33-34-37-40-43-46-49-52-55-61(64)67-58-59(57-66-60(63)54-51-48-45-42-39-36-27-24-21-18-15-12-9-6-3)68-62(65)56-53-50-47-44-41-38-35-32-29-26-23-20-17-14-11-8-5-2/h7,9-10,12,16,18-19,21,25-29,31,33,35-36,38,44,47,59H,4-6,8,11,13-15,17,20,22-24,30,32,34,37,39-43,45-46,48-58H2,1-3H3/b10-7-,12-9-,19-16-,21-18-,28-25-,29-26-,33-31-,36-27-,38-35-,47-44-. The van der Waals surface area contributed by atoms with E-state index in [0.29, 0.717) is 19.3 Å². The first-order valence-electron chi connectivity index (χ1n) is 27.5. The molecule has 0 aliphatic heterocycles. The molecule has 68 heavy (non-hydrogen) atoms. The molecule has 0 heterocycles. The van der Waals surface area contributed by atoms with E-state index in [1.807, 2.05) is 0 Å². The van der Waals surface area contributed by atoms with Crippen LogP contribution in [-0.2, 0) is 28.6 Å². The third-order valence-corrected chi connectivity index (χ3v) is 11.2. The van der Waals surface area contributed by atoms with Gasteiger partial charge in [0.15, 0.2) is 6.10 Å². The van der Waals surface area contributed by atoms with E-state index >= 15 is 0 Å². The fraction of sp³-hybridized carbons (Fsp3) is 0.629. The van der Waals surface area contributed by atoms with Crippen LogP contribution in [0.5, 0.6) is 0 Å². The largest absolute Gasteiger partial charge is 0.462 e. The molecule has 384 valence electrons. The molecule has 0 aliphatic carbocycles. The zero-order valence-electron chi connectivity index (χ0n) is 43.8. The monoisotopic (exact) mass is 941 g/mol. The molecular formula is C62H100O6. The highest BCUT2D eigenvalue weighted by atomic mass is 16.6. The van der Waals surface area contributed by atoms with Crippen LogP contribution in [0.15, 0.2) is 122 Å². The lowest BCUT2D eigenvalue weighted by Gasteiger charge is -2.18. The second kappa shape index (κ2) is 55.4. The molecule has 0 aromatic carbocycles. The van der Waals surface area contributed by atoms with Gasteiger partial charge in [-0.2, -0.15) is 0 Å². The maximum absolute atomic E-state index is 12.8. The van der Waals surface area contributed by atoms with Crippen LogP contribution < -0.4 is 0 Å². The molecule has 0 aromatic heterocycles. The van der Waals surface area contributed by atoms with Crippen molar-refractivity contribution >= 4 is 17.9 Å². The average molecular weight is 941 g/mol. The number of carbonyl (C=O) groups excluding carboxylic acids is 3. The fourth-order valence-corrected chi connectivity index (χ4v) is 7.11. The van der Waals surface area contributed by atoms with Crippen LogP contribution in [-0.4, -0.2) is 37.2 Å². The van der Waals surface area contributed by atoms with Crippen molar-refractivity contribution in [2.45, 2.75) is 239 Å². The number of hydrogen-bond donors (Lipinski definition) is 0. The Morgan fingerprint density at radius 1 is 0.309 bits per heavy atom. The number of allylic oxidation sites excluding steroid dienone is 20. The van der Waals surface area contributed by atoms with E-state index in [2.05, 4.69) is 142 Å². The second-order valence-corrected chi connectivity index (χ2v) is 17.7. The van der Waals surface area contributed by atoms with E-state index in [1.54, 1.807) is 0 Å². The molecule has 0 fully saturated rings. The summed E-state index contributed by atoms with van der Waals surface area (Å²) in [6.07, 6.45) is 76.2. The lowest BCUT2D eigenvalue weighted by molar-refractivity contribution is -0.167. The van der Waals surface area contributed by atoms with Gasteiger partial charge in [0.05, 0.1) is 0 Å². The molecule has 0 amide bonds. The SMILES string of the molecule is CC/C=C\C/C=C\C/C=C\C/C=C\CCCCCCCCC(=O)OCC(COC(=O)CCCCCC/C=C\C/C=C\C/C=C\CC)OC(=O)CCC/C=C\C/C=C\C/C=C\CCCCCCCC. The Labute approximate surface area is 418 Å². The van der Waals surface area contributed by atoms with E-state index in [0.717, 1.165) is 128 Å². The van der Waals surface area contributed by atoms with Gasteiger partial charge in [-0.15, -0.1) is 0 Å². The predicted molar refractivity (Wildman–Crippen MR) is 293 cm³/mol. The molecule has 0 spiro atoms. The van der Waals surface area contributed by atoms with Crippen LogP contribution in [0, 0.1) is 0 Å². The van der Waals surface area contributed by atoms with Crippen molar-refractivity contribution in [2.75, 3.05) is 13.2 Å². The molecule has 0 rings (SSSR count). The van der Waals surface area contributed by atoms with Gasteiger partial charge in [0, 0.05) is 19.3 Å². The predicted octanol–water partition coefficient (Wildman–Crippen LogP) is 18.5. The van der Waals surface area contributed by atoms with Crippen molar-refractivity contribution < 1.29 is 28.6 Å². The first-order chi connectivity index (χ1) is 33.5. The van der Waals surface area contributed by atoms with Crippen molar-refractivity contribution in [3.05, 3.63) is 122 Å². The lowest BCUT2D eigenvalue weighted by Crippen LogP contribution is -2.30. The average Bonchev–Trinajstić information content (AvgIpc) is 3.34. The summed E-state index contributed by atoms with van der Waals surface area (Å²) >= 11 is 0. The van der Waals surface area contributed by atoms with E-state index in [9.17, 15) is 14.4 Å². The third kappa shape index (κ3) is 52.8.